The van der Waals surface area contributed by atoms with Crippen molar-refractivity contribution in [2.75, 3.05) is 33.7 Å². The second-order valence-electron chi connectivity index (χ2n) is 4.39. The van der Waals surface area contributed by atoms with E-state index >= 15 is 0 Å². The Morgan fingerprint density at radius 2 is 2.13 bits per heavy atom. The Morgan fingerprint density at radius 3 is 2.73 bits per heavy atom. The van der Waals surface area contributed by atoms with Crippen molar-refractivity contribution in [1.82, 2.24) is 15.1 Å². The lowest BCUT2D eigenvalue weighted by Gasteiger charge is -2.32. The molecule has 0 aromatic rings. The van der Waals surface area contributed by atoms with E-state index in [1.807, 2.05) is 34.1 Å². The van der Waals surface area contributed by atoms with Crippen molar-refractivity contribution in [3.8, 4) is 0 Å². The number of nitrogens with zero attached hydrogens (tertiary/aromatic N) is 2. The van der Waals surface area contributed by atoms with Gasteiger partial charge in [0.2, 0.25) is 0 Å². The van der Waals surface area contributed by atoms with Crippen molar-refractivity contribution in [3.63, 3.8) is 0 Å². The summed E-state index contributed by atoms with van der Waals surface area (Å²) in [6.45, 7) is 6.29. The summed E-state index contributed by atoms with van der Waals surface area (Å²) in [4.78, 5) is 15.7. The molecular formula is C11H21N3O. The summed E-state index contributed by atoms with van der Waals surface area (Å²) in [6, 6.07) is 0. The van der Waals surface area contributed by atoms with Gasteiger partial charge < -0.3 is 15.1 Å². The Bertz CT molecular complexity index is 261. The molecule has 0 amide bonds. The molecule has 1 heterocycles. The number of carbonyl (C=O) groups is 1. The van der Waals surface area contributed by atoms with Gasteiger partial charge in [0.15, 0.2) is 5.78 Å². The third-order valence-electron chi connectivity index (χ3n) is 2.63. The molecule has 0 atom stereocenters. The largest absolute Gasteiger partial charge is 0.376 e. The minimum atomic E-state index is 0.102. The molecule has 0 aromatic heterocycles. The molecule has 0 aliphatic carbocycles. The maximum atomic E-state index is 11.5. The smallest absolute Gasteiger partial charge is 0.154 e. The number of carbonyl (C=O) groups excluding carboxylic acids is 1. The van der Waals surface area contributed by atoms with Crippen LogP contribution in [0.1, 0.15) is 13.8 Å². The van der Waals surface area contributed by atoms with Gasteiger partial charge in [0.05, 0.1) is 6.54 Å². The van der Waals surface area contributed by atoms with E-state index in [1.54, 1.807) is 0 Å². The molecule has 0 radical (unpaired) electrons. The van der Waals surface area contributed by atoms with Crippen LogP contribution in [-0.4, -0.2) is 49.3 Å². The molecule has 0 saturated carbocycles. The first-order chi connectivity index (χ1) is 7.00. The van der Waals surface area contributed by atoms with Gasteiger partial charge in [0.1, 0.15) is 5.82 Å². The van der Waals surface area contributed by atoms with E-state index in [0.29, 0.717) is 6.54 Å². The van der Waals surface area contributed by atoms with Gasteiger partial charge in [0.25, 0.3) is 0 Å². The maximum absolute atomic E-state index is 11.5. The van der Waals surface area contributed by atoms with Crippen LogP contribution in [0.2, 0.25) is 0 Å². The van der Waals surface area contributed by atoms with Gasteiger partial charge in [0, 0.05) is 39.3 Å². The van der Waals surface area contributed by atoms with E-state index in [2.05, 4.69) is 15.1 Å². The summed E-state index contributed by atoms with van der Waals surface area (Å²) in [7, 11) is 4.07. The lowest BCUT2D eigenvalue weighted by molar-refractivity contribution is -0.121. The maximum Gasteiger partial charge on any atom is 0.154 e. The van der Waals surface area contributed by atoms with Gasteiger partial charge in [-0.1, -0.05) is 13.8 Å². The van der Waals surface area contributed by atoms with Crippen molar-refractivity contribution in [2.45, 2.75) is 13.8 Å². The SMILES string of the molecule is CC(C)C(=O)CNC1=CN(C)CCN1C. The van der Waals surface area contributed by atoms with Gasteiger partial charge in [-0.2, -0.15) is 0 Å². The highest BCUT2D eigenvalue weighted by Gasteiger charge is 2.13. The number of rotatable bonds is 4. The summed E-state index contributed by atoms with van der Waals surface area (Å²) >= 11 is 0. The minimum Gasteiger partial charge on any atom is -0.376 e. The summed E-state index contributed by atoms with van der Waals surface area (Å²) in [5.74, 6) is 1.38. The molecular weight excluding hydrogens is 190 g/mol. The Labute approximate surface area is 91.9 Å². The Kier molecular flexibility index (Phi) is 4.00. The van der Waals surface area contributed by atoms with Crippen molar-refractivity contribution in [1.29, 1.82) is 0 Å². The summed E-state index contributed by atoms with van der Waals surface area (Å²) in [5, 5.41) is 3.18. The first-order valence-electron chi connectivity index (χ1n) is 5.40. The molecule has 1 aliphatic heterocycles. The molecule has 0 unspecified atom stereocenters. The van der Waals surface area contributed by atoms with E-state index in [0.717, 1.165) is 18.9 Å². The zero-order valence-electron chi connectivity index (χ0n) is 10.1. The van der Waals surface area contributed by atoms with Crippen LogP contribution in [0.25, 0.3) is 0 Å². The zero-order valence-corrected chi connectivity index (χ0v) is 10.1. The number of nitrogens with one attached hydrogen (secondary N) is 1. The van der Waals surface area contributed by atoms with Crippen LogP contribution in [-0.2, 0) is 4.79 Å². The molecule has 0 saturated heterocycles. The Hall–Kier alpha value is -1.19. The molecule has 1 aliphatic rings. The minimum absolute atomic E-state index is 0.102. The number of likely N-dealkylation sites (N-methyl/N-ethyl adjacent to an activating group) is 2. The van der Waals surface area contributed by atoms with Gasteiger partial charge >= 0.3 is 0 Å². The second kappa shape index (κ2) is 5.05. The fourth-order valence-corrected chi connectivity index (χ4v) is 1.36. The van der Waals surface area contributed by atoms with Gasteiger partial charge in [-0.25, -0.2) is 0 Å². The molecule has 4 nitrogen and oxygen atoms in total. The van der Waals surface area contributed by atoms with Crippen LogP contribution < -0.4 is 5.32 Å². The number of hydrogen-bond donors (Lipinski definition) is 1. The monoisotopic (exact) mass is 211 g/mol. The average Bonchev–Trinajstić information content (AvgIpc) is 2.18. The predicted octanol–water partition coefficient (Wildman–Crippen LogP) is 0.477. The van der Waals surface area contributed by atoms with E-state index in [4.69, 9.17) is 0 Å². The van der Waals surface area contributed by atoms with Gasteiger partial charge in [-0.3, -0.25) is 4.79 Å². The number of ketones is 1. The molecule has 0 spiro atoms. The lowest BCUT2D eigenvalue weighted by atomic mass is 10.1. The van der Waals surface area contributed by atoms with Crippen LogP contribution >= 0.6 is 0 Å². The molecule has 0 aromatic carbocycles. The van der Waals surface area contributed by atoms with E-state index < -0.39 is 0 Å². The van der Waals surface area contributed by atoms with Crippen molar-refractivity contribution >= 4 is 5.78 Å². The highest BCUT2D eigenvalue weighted by Crippen LogP contribution is 2.05. The Morgan fingerprint density at radius 1 is 1.47 bits per heavy atom. The average molecular weight is 211 g/mol. The Balaban J connectivity index is 2.46. The number of hydrogen-bond acceptors (Lipinski definition) is 4. The third-order valence-corrected chi connectivity index (χ3v) is 2.63. The van der Waals surface area contributed by atoms with E-state index in [1.165, 1.54) is 0 Å². The van der Waals surface area contributed by atoms with Crippen molar-refractivity contribution < 1.29 is 4.79 Å². The van der Waals surface area contributed by atoms with Crippen molar-refractivity contribution in [3.05, 3.63) is 12.0 Å². The number of Topliss-reactive ketones (excluding diaryl/α,β-unsaturated/α-hetero) is 1. The highest BCUT2D eigenvalue weighted by molar-refractivity contribution is 5.82. The predicted molar refractivity (Wildman–Crippen MR) is 61.2 cm³/mol. The molecule has 0 fully saturated rings. The summed E-state index contributed by atoms with van der Waals surface area (Å²) in [6.07, 6.45) is 2.04. The summed E-state index contributed by atoms with van der Waals surface area (Å²) in [5.41, 5.74) is 0. The van der Waals surface area contributed by atoms with Gasteiger partial charge in [-0.15, -0.1) is 0 Å². The fourth-order valence-electron chi connectivity index (χ4n) is 1.36. The van der Waals surface area contributed by atoms with Crippen molar-refractivity contribution in [2.24, 2.45) is 5.92 Å². The first kappa shape index (κ1) is 11.9. The molecule has 15 heavy (non-hydrogen) atoms. The lowest BCUT2D eigenvalue weighted by Crippen LogP contribution is -2.41. The molecule has 86 valence electrons. The van der Waals surface area contributed by atoms with E-state index in [9.17, 15) is 4.79 Å². The van der Waals surface area contributed by atoms with Crippen LogP contribution in [0.3, 0.4) is 0 Å². The molecule has 1 N–H and O–H groups in total. The van der Waals surface area contributed by atoms with Crippen LogP contribution in [0.5, 0.6) is 0 Å². The standard InChI is InChI=1S/C11H21N3O/c1-9(2)10(15)7-12-11-8-13(3)5-6-14(11)4/h8-9,12H,5-7H2,1-4H3. The van der Waals surface area contributed by atoms with Crippen LogP contribution in [0, 0.1) is 5.92 Å². The van der Waals surface area contributed by atoms with E-state index in [-0.39, 0.29) is 11.7 Å². The molecule has 0 bridgehead atoms. The second-order valence-corrected chi connectivity index (χ2v) is 4.39. The van der Waals surface area contributed by atoms with Crippen LogP contribution in [0.4, 0.5) is 0 Å². The first-order valence-corrected chi connectivity index (χ1v) is 5.40. The normalized spacial score (nSPS) is 16.7. The quantitative estimate of drug-likeness (QED) is 0.733. The third kappa shape index (κ3) is 3.46. The molecule has 4 heteroatoms. The fraction of sp³-hybridized carbons (Fsp3) is 0.727. The zero-order chi connectivity index (χ0) is 11.4. The molecule has 1 rings (SSSR count). The topological polar surface area (TPSA) is 35.6 Å². The highest BCUT2D eigenvalue weighted by atomic mass is 16.1. The van der Waals surface area contributed by atoms with Gasteiger partial charge in [-0.05, 0) is 0 Å². The summed E-state index contributed by atoms with van der Waals surface area (Å²) < 4.78 is 0. The van der Waals surface area contributed by atoms with Crippen LogP contribution in [0.15, 0.2) is 12.0 Å².